The Balaban J connectivity index is 2.53. The minimum Gasteiger partial charge on any atom is -0.103 e. The monoisotopic (exact) mass is 165 g/mol. The molecule has 2 unspecified atom stereocenters. The van der Waals surface area contributed by atoms with E-state index in [2.05, 4.69) is 16.6 Å². The topological polar surface area (TPSA) is 48.8 Å². The molecule has 12 heavy (non-hydrogen) atoms. The number of hydrogen-bond acceptors (Lipinski definition) is 1. The van der Waals surface area contributed by atoms with Gasteiger partial charge >= 0.3 is 0 Å². The van der Waals surface area contributed by atoms with E-state index in [4.69, 9.17) is 5.53 Å². The highest BCUT2D eigenvalue weighted by Crippen LogP contribution is 2.29. The van der Waals surface area contributed by atoms with Gasteiger partial charge < -0.3 is 0 Å². The summed E-state index contributed by atoms with van der Waals surface area (Å²) in [6, 6.07) is 0.224. The lowest BCUT2D eigenvalue weighted by Crippen LogP contribution is -2.21. The summed E-state index contributed by atoms with van der Waals surface area (Å²) in [6.45, 7) is 3.71. The number of azide groups is 1. The van der Waals surface area contributed by atoms with Gasteiger partial charge in [0, 0.05) is 11.0 Å². The van der Waals surface area contributed by atoms with Crippen LogP contribution in [-0.2, 0) is 0 Å². The summed E-state index contributed by atoms with van der Waals surface area (Å²) in [6.07, 6.45) is 7.64. The van der Waals surface area contributed by atoms with Crippen LogP contribution < -0.4 is 0 Å². The summed E-state index contributed by atoms with van der Waals surface area (Å²) in [4.78, 5) is 2.88. The van der Waals surface area contributed by atoms with Crippen molar-refractivity contribution in [3.05, 3.63) is 23.1 Å². The highest BCUT2D eigenvalue weighted by molar-refractivity contribution is 4.85. The average molecular weight is 165 g/mol. The lowest BCUT2D eigenvalue weighted by molar-refractivity contribution is 0.310. The van der Waals surface area contributed by atoms with E-state index in [9.17, 15) is 0 Å². The van der Waals surface area contributed by atoms with Gasteiger partial charge in [-0.2, -0.15) is 0 Å². The first kappa shape index (κ1) is 9.14. The maximum atomic E-state index is 8.34. The van der Waals surface area contributed by atoms with Gasteiger partial charge in [-0.05, 0) is 30.7 Å². The maximum Gasteiger partial charge on any atom is 0.0405 e. The van der Waals surface area contributed by atoms with E-state index >= 15 is 0 Å². The van der Waals surface area contributed by atoms with E-state index in [1.54, 1.807) is 0 Å². The third-order valence-electron chi connectivity index (χ3n) is 2.54. The number of hydrogen-bond donors (Lipinski definition) is 0. The van der Waals surface area contributed by atoms with Crippen molar-refractivity contribution < 1.29 is 0 Å². The summed E-state index contributed by atoms with van der Waals surface area (Å²) in [5, 5.41) is 3.82. The van der Waals surface area contributed by atoms with Crippen molar-refractivity contribution in [2.24, 2.45) is 11.0 Å². The quantitative estimate of drug-likeness (QED) is 0.266. The molecule has 1 saturated carbocycles. The van der Waals surface area contributed by atoms with Crippen LogP contribution in [0.2, 0.25) is 0 Å². The molecule has 0 bridgehead atoms. The van der Waals surface area contributed by atoms with E-state index < -0.39 is 0 Å². The van der Waals surface area contributed by atoms with Crippen molar-refractivity contribution >= 4 is 0 Å². The molecule has 0 aromatic carbocycles. The Bertz CT molecular complexity index is 194. The van der Waals surface area contributed by atoms with Crippen molar-refractivity contribution in [3.63, 3.8) is 0 Å². The van der Waals surface area contributed by atoms with E-state index in [-0.39, 0.29) is 6.04 Å². The molecular weight excluding hydrogens is 150 g/mol. The van der Waals surface area contributed by atoms with E-state index in [0.29, 0.717) is 5.92 Å². The van der Waals surface area contributed by atoms with Gasteiger partial charge in [0.15, 0.2) is 0 Å². The smallest absolute Gasteiger partial charge is 0.0405 e. The van der Waals surface area contributed by atoms with Gasteiger partial charge in [-0.3, -0.25) is 0 Å². The maximum absolute atomic E-state index is 8.34. The summed E-state index contributed by atoms with van der Waals surface area (Å²) < 4.78 is 0. The molecule has 3 nitrogen and oxygen atoms in total. The van der Waals surface area contributed by atoms with Crippen molar-refractivity contribution in [1.82, 2.24) is 0 Å². The molecule has 0 radical (unpaired) electrons. The third-order valence-corrected chi connectivity index (χ3v) is 2.54. The van der Waals surface area contributed by atoms with Crippen LogP contribution >= 0.6 is 0 Å². The third kappa shape index (κ3) is 2.28. The predicted molar refractivity (Wildman–Crippen MR) is 49.7 cm³/mol. The molecule has 1 aliphatic rings. The van der Waals surface area contributed by atoms with E-state index in [1.165, 1.54) is 19.3 Å². The van der Waals surface area contributed by atoms with Crippen molar-refractivity contribution in [1.29, 1.82) is 0 Å². The predicted octanol–water partition coefficient (Wildman–Crippen LogP) is 3.43. The molecule has 1 fully saturated rings. The van der Waals surface area contributed by atoms with Gasteiger partial charge in [0.1, 0.15) is 0 Å². The van der Waals surface area contributed by atoms with Crippen LogP contribution in [0.25, 0.3) is 10.4 Å². The van der Waals surface area contributed by atoms with Crippen LogP contribution in [-0.4, -0.2) is 6.04 Å². The van der Waals surface area contributed by atoms with Gasteiger partial charge in [0.2, 0.25) is 0 Å². The molecule has 0 aromatic rings. The van der Waals surface area contributed by atoms with E-state index in [0.717, 1.165) is 12.8 Å². The second kappa shape index (κ2) is 4.83. The largest absolute Gasteiger partial charge is 0.103 e. The lowest BCUT2D eigenvalue weighted by Gasteiger charge is -2.26. The first-order valence-corrected chi connectivity index (χ1v) is 4.53. The first-order chi connectivity index (χ1) is 5.88. The highest BCUT2D eigenvalue weighted by atomic mass is 15.1. The first-order valence-electron chi connectivity index (χ1n) is 4.53. The van der Waals surface area contributed by atoms with E-state index in [1.807, 2.05) is 6.08 Å². The summed E-state index contributed by atoms with van der Waals surface area (Å²) in [5.74, 6) is 0.548. The Hall–Kier alpha value is -0.950. The van der Waals surface area contributed by atoms with Crippen LogP contribution in [0.3, 0.4) is 0 Å². The molecule has 0 spiro atoms. The highest BCUT2D eigenvalue weighted by Gasteiger charge is 2.22. The summed E-state index contributed by atoms with van der Waals surface area (Å²) in [7, 11) is 0. The SMILES string of the molecule is C=CCC1CCCCC1N=[N+]=[N-]. The summed E-state index contributed by atoms with van der Waals surface area (Å²) in [5.41, 5.74) is 8.34. The molecule has 0 aliphatic heterocycles. The van der Waals surface area contributed by atoms with Crippen molar-refractivity contribution in [2.45, 2.75) is 38.1 Å². The number of allylic oxidation sites excluding steroid dienone is 1. The van der Waals surface area contributed by atoms with Crippen molar-refractivity contribution in [2.75, 3.05) is 0 Å². The summed E-state index contributed by atoms with van der Waals surface area (Å²) >= 11 is 0. The zero-order valence-corrected chi connectivity index (χ0v) is 7.32. The van der Waals surface area contributed by atoms with Crippen LogP contribution in [0, 0.1) is 5.92 Å². The number of rotatable bonds is 3. The zero-order valence-electron chi connectivity index (χ0n) is 7.32. The van der Waals surface area contributed by atoms with Crippen LogP contribution in [0.15, 0.2) is 17.8 Å². The molecular formula is C9H15N3. The van der Waals surface area contributed by atoms with Gasteiger partial charge in [-0.25, -0.2) is 0 Å². The second-order valence-electron chi connectivity index (χ2n) is 3.34. The Morgan fingerprint density at radius 3 is 2.92 bits per heavy atom. The zero-order chi connectivity index (χ0) is 8.81. The number of nitrogens with zero attached hydrogens (tertiary/aromatic N) is 3. The fourth-order valence-corrected chi connectivity index (χ4v) is 1.90. The molecule has 0 saturated heterocycles. The second-order valence-corrected chi connectivity index (χ2v) is 3.34. The Morgan fingerprint density at radius 2 is 2.25 bits per heavy atom. The molecule has 0 aromatic heterocycles. The molecule has 3 heteroatoms. The van der Waals surface area contributed by atoms with Gasteiger partial charge in [0.25, 0.3) is 0 Å². The molecule has 0 amide bonds. The van der Waals surface area contributed by atoms with Gasteiger partial charge in [-0.1, -0.05) is 24.0 Å². The molecule has 66 valence electrons. The lowest BCUT2D eigenvalue weighted by atomic mass is 9.83. The molecule has 0 heterocycles. The standard InChI is InChI=1S/C9H15N3/c1-2-5-8-6-3-4-7-9(8)11-12-10/h2,8-9H,1,3-7H2. The van der Waals surface area contributed by atoms with Gasteiger partial charge in [0.05, 0.1) is 0 Å². The fourth-order valence-electron chi connectivity index (χ4n) is 1.90. The Kier molecular flexibility index (Phi) is 3.68. The van der Waals surface area contributed by atoms with Crippen LogP contribution in [0.4, 0.5) is 0 Å². The Morgan fingerprint density at radius 1 is 1.50 bits per heavy atom. The van der Waals surface area contributed by atoms with Crippen molar-refractivity contribution in [3.8, 4) is 0 Å². The minimum absolute atomic E-state index is 0.224. The molecule has 1 rings (SSSR count). The Labute approximate surface area is 73.1 Å². The normalized spacial score (nSPS) is 29.0. The molecule has 2 atom stereocenters. The minimum atomic E-state index is 0.224. The molecule has 0 N–H and O–H groups in total. The molecule has 1 aliphatic carbocycles. The van der Waals surface area contributed by atoms with Crippen LogP contribution in [0.5, 0.6) is 0 Å². The average Bonchev–Trinajstić information content (AvgIpc) is 2.09. The van der Waals surface area contributed by atoms with Gasteiger partial charge in [-0.15, -0.1) is 6.58 Å². The fraction of sp³-hybridized carbons (Fsp3) is 0.778. The van der Waals surface area contributed by atoms with Crippen LogP contribution in [0.1, 0.15) is 32.1 Å².